The zero-order chi connectivity index (χ0) is 13.1. The summed E-state index contributed by atoms with van der Waals surface area (Å²) in [6.07, 6.45) is 6.47. The number of ketones is 1. The third-order valence-electron chi connectivity index (χ3n) is 5.45. The molecule has 0 aromatic carbocycles. The Labute approximate surface area is 127 Å². The van der Waals surface area contributed by atoms with Crippen LogP contribution in [0.1, 0.15) is 42.5 Å². The Balaban J connectivity index is 1.65. The summed E-state index contributed by atoms with van der Waals surface area (Å²) in [5, 5.41) is 0. The second kappa shape index (κ2) is 4.47. The number of rotatable bonds is 2. The second-order valence-electron chi connectivity index (χ2n) is 6.56. The zero-order valence-corrected chi connectivity index (χ0v) is 12.9. The average molecular weight is 315 g/mol. The molecule has 0 saturated heterocycles. The SMILES string of the molecule is O=C(c1cc(Cl)sc1Cl)C1C2CC3CC(C2)CC1C3. The van der Waals surface area contributed by atoms with Gasteiger partial charge >= 0.3 is 0 Å². The maximum atomic E-state index is 12.8. The van der Waals surface area contributed by atoms with Crippen molar-refractivity contribution in [1.29, 1.82) is 0 Å². The molecule has 1 nitrogen and oxygen atoms in total. The van der Waals surface area contributed by atoms with E-state index in [1.54, 1.807) is 6.07 Å². The largest absolute Gasteiger partial charge is 0.294 e. The van der Waals surface area contributed by atoms with Crippen molar-refractivity contribution in [2.45, 2.75) is 32.1 Å². The first-order valence-electron chi connectivity index (χ1n) is 7.11. The highest BCUT2D eigenvalue weighted by Gasteiger charge is 2.51. The summed E-state index contributed by atoms with van der Waals surface area (Å²) in [6.45, 7) is 0. The van der Waals surface area contributed by atoms with Crippen molar-refractivity contribution in [3.8, 4) is 0 Å². The van der Waals surface area contributed by atoms with Crippen LogP contribution in [0.5, 0.6) is 0 Å². The molecule has 5 rings (SSSR count). The molecule has 4 aliphatic rings. The van der Waals surface area contributed by atoms with E-state index in [9.17, 15) is 4.79 Å². The first kappa shape index (κ1) is 12.7. The molecule has 0 spiro atoms. The van der Waals surface area contributed by atoms with Crippen LogP contribution in [0.3, 0.4) is 0 Å². The Morgan fingerprint density at radius 2 is 1.63 bits per heavy atom. The molecule has 0 unspecified atom stereocenters. The van der Waals surface area contributed by atoms with Gasteiger partial charge in [-0.15, -0.1) is 11.3 Å². The Morgan fingerprint density at radius 3 is 2.11 bits per heavy atom. The van der Waals surface area contributed by atoms with E-state index in [1.807, 2.05) is 0 Å². The van der Waals surface area contributed by atoms with Gasteiger partial charge in [0.25, 0.3) is 0 Å². The molecule has 19 heavy (non-hydrogen) atoms. The van der Waals surface area contributed by atoms with Crippen LogP contribution in [0.2, 0.25) is 8.67 Å². The van der Waals surface area contributed by atoms with Crippen molar-refractivity contribution >= 4 is 40.3 Å². The predicted octanol–water partition coefficient (Wildman–Crippen LogP) is 5.31. The molecule has 4 saturated carbocycles. The van der Waals surface area contributed by atoms with E-state index in [4.69, 9.17) is 23.2 Å². The van der Waals surface area contributed by atoms with Crippen LogP contribution >= 0.6 is 34.5 Å². The van der Waals surface area contributed by atoms with E-state index >= 15 is 0 Å². The highest BCUT2D eigenvalue weighted by molar-refractivity contribution is 7.20. The normalized spacial score (nSPS) is 39.8. The highest BCUT2D eigenvalue weighted by atomic mass is 35.5. The van der Waals surface area contributed by atoms with Crippen molar-refractivity contribution < 1.29 is 4.79 Å². The average Bonchev–Trinajstić information content (AvgIpc) is 2.66. The van der Waals surface area contributed by atoms with Gasteiger partial charge in [0.15, 0.2) is 5.78 Å². The summed E-state index contributed by atoms with van der Waals surface area (Å²) < 4.78 is 1.20. The smallest absolute Gasteiger partial charge is 0.168 e. The maximum absolute atomic E-state index is 12.8. The third-order valence-corrected chi connectivity index (χ3v) is 6.94. The van der Waals surface area contributed by atoms with Crippen molar-refractivity contribution in [2.75, 3.05) is 0 Å². The van der Waals surface area contributed by atoms with Gasteiger partial charge in [0, 0.05) is 11.5 Å². The molecule has 0 N–H and O–H groups in total. The van der Waals surface area contributed by atoms with Crippen LogP contribution in [0, 0.1) is 29.6 Å². The number of Topliss-reactive ketones (excluding diaryl/α,β-unsaturated/α-hetero) is 1. The van der Waals surface area contributed by atoms with Crippen molar-refractivity contribution in [2.24, 2.45) is 29.6 Å². The van der Waals surface area contributed by atoms with Gasteiger partial charge in [0.05, 0.1) is 4.34 Å². The van der Waals surface area contributed by atoms with E-state index in [0.717, 1.165) is 11.8 Å². The Bertz CT molecular complexity index is 508. The lowest BCUT2D eigenvalue weighted by atomic mass is 9.51. The van der Waals surface area contributed by atoms with Gasteiger partial charge < -0.3 is 0 Å². The van der Waals surface area contributed by atoms with Crippen molar-refractivity contribution in [3.05, 3.63) is 20.3 Å². The molecular weight excluding hydrogens is 299 g/mol. The van der Waals surface area contributed by atoms with Gasteiger partial charge in [0.2, 0.25) is 0 Å². The number of carbonyl (C=O) groups excluding carboxylic acids is 1. The van der Waals surface area contributed by atoms with Crippen LogP contribution in [-0.4, -0.2) is 5.78 Å². The van der Waals surface area contributed by atoms with Crippen molar-refractivity contribution in [1.82, 2.24) is 0 Å². The molecule has 4 aliphatic carbocycles. The maximum Gasteiger partial charge on any atom is 0.168 e. The van der Waals surface area contributed by atoms with Crippen LogP contribution in [0.4, 0.5) is 0 Å². The minimum Gasteiger partial charge on any atom is -0.294 e. The molecule has 1 aromatic heterocycles. The van der Waals surface area contributed by atoms with E-state index in [2.05, 4.69) is 0 Å². The lowest BCUT2D eigenvalue weighted by Gasteiger charge is -2.53. The molecular formula is C15H16Cl2OS. The fraction of sp³-hybridized carbons (Fsp3) is 0.667. The lowest BCUT2D eigenvalue weighted by Crippen LogP contribution is -2.48. The van der Waals surface area contributed by atoms with Gasteiger partial charge in [-0.05, 0) is 61.8 Å². The van der Waals surface area contributed by atoms with Crippen LogP contribution in [0.15, 0.2) is 6.07 Å². The van der Waals surface area contributed by atoms with Gasteiger partial charge in [-0.2, -0.15) is 0 Å². The summed E-state index contributed by atoms with van der Waals surface area (Å²) in [5.41, 5.74) is 0.675. The number of hydrogen-bond donors (Lipinski definition) is 0. The van der Waals surface area contributed by atoms with Gasteiger partial charge in [0.1, 0.15) is 4.34 Å². The molecule has 0 amide bonds. The molecule has 102 valence electrons. The van der Waals surface area contributed by atoms with Crippen molar-refractivity contribution in [3.63, 3.8) is 0 Å². The number of hydrogen-bond acceptors (Lipinski definition) is 2. The Hall–Kier alpha value is -0.0500. The molecule has 4 heteroatoms. The summed E-state index contributed by atoms with van der Waals surface area (Å²) >= 11 is 13.5. The fourth-order valence-electron chi connectivity index (χ4n) is 5.04. The highest BCUT2D eigenvalue weighted by Crippen LogP contribution is 2.57. The number of thiophene rings is 1. The molecule has 0 radical (unpaired) electrons. The third kappa shape index (κ3) is 1.99. The molecule has 1 aromatic rings. The van der Waals surface area contributed by atoms with E-state index in [1.165, 1.54) is 43.4 Å². The van der Waals surface area contributed by atoms with Gasteiger partial charge in [-0.25, -0.2) is 0 Å². The van der Waals surface area contributed by atoms with Crippen LogP contribution < -0.4 is 0 Å². The van der Waals surface area contributed by atoms with Crippen LogP contribution in [-0.2, 0) is 0 Å². The minimum absolute atomic E-state index is 0.218. The Morgan fingerprint density at radius 1 is 1.05 bits per heavy atom. The lowest BCUT2D eigenvalue weighted by molar-refractivity contribution is -0.0250. The first-order valence-corrected chi connectivity index (χ1v) is 8.68. The molecule has 4 fully saturated rings. The Kier molecular flexibility index (Phi) is 2.98. The van der Waals surface area contributed by atoms with Crippen LogP contribution in [0.25, 0.3) is 0 Å². The predicted molar refractivity (Wildman–Crippen MR) is 79.2 cm³/mol. The summed E-state index contributed by atoms with van der Waals surface area (Å²) in [5.74, 6) is 3.50. The monoisotopic (exact) mass is 314 g/mol. The van der Waals surface area contributed by atoms with E-state index < -0.39 is 0 Å². The number of halogens is 2. The summed E-state index contributed by atoms with van der Waals surface area (Å²) in [6, 6.07) is 1.77. The topological polar surface area (TPSA) is 17.1 Å². The summed E-state index contributed by atoms with van der Waals surface area (Å²) in [7, 11) is 0. The quantitative estimate of drug-likeness (QED) is 0.676. The fourth-order valence-corrected chi connectivity index (χ4v) is 6.51. The molecule has 0 atom stereocenters. The minimum atomic E-state index is 0.218. The summed E-state index contributed by atoms with van der Waals surface area (Å²) in [4.78, 5) is 12.8. The van der Waals surface area contributed by atoms with E-state index in [0.29, 0.717) is 26.1 Å². The molecule has 1 heterocycles. The standard InChI is InChI=1S/C15H16Cl2OS/c16-12-6-11(15(17)19-12)14(18)13-9-2-7-1-8(4-9)5-10(13)3-7/h6-10,13H,1-5H2. The molecule has 4 bridgehead atoms. The van der Waals surface area contributed by atoms with Gasteiger partial charge in [-0.3, -0.25) is 4.79 Å². The second-order valence-corrected chi connectivity index (χ2v) is 8.84. The zero-order valence-electron chi connectivity index (χ0n) is 10.6. The first-order chi connectivity index (χ1) is 9.11. The number of carbonyl (C=O) groups is 1. The van der Waals surface area contributed by atoms with Gasteiger partial charge in [-0.1, -0.05) is 23.2 Å². The van der Waals surface area contributed by atoms with E-state index in [-0.39, 0.29) is 11.7 Å². The molecule has 0 aliphatic heterocycles.